The second-order valence-electron chi connectivity index (χ2n) is 8.52. The van der Waals surface area contributed by atoms with Crippen LogP contribution in [-0.2, 0) is 16.1 Å². The summed E-state index contributed by atoms with van der Waals surface area (Å²) >= 11 is 10.4. The maximum atomic E-state index is 13.2. The van der Waals surface area contributed by atoms with Crippen molar-refractivity contribution in [2.24, 2.45) is 0 Å². The molecule has 8 heteroatoms. The van der Waals surface area contributed by atoms with Crippen LogP contribution in [0, 0.1) is 0 Å². The Bertz CT molecular complexity index is 1290. The van der Waals surface area contributed by atoms with Crippen LogP contribution < -0.4 is 4.90 Å². The smallest absolute Gasteiger partial charge is 0.270 e. The average Bonchev–Trinajstić information content (AvgIpc) is 3.14. The number of fused-ring (bicyclic) bond motifs is 1. The number of rotatable bonds is 4. The van der Waals surface area contributed by atoms with Crippen LogP contribution in [0.2, 0.25) is 0 Å². The summed E-state index contributed by atoms with van der Waals surface area (Å²) < 4.78 is 3.46. The molecule has 0 saturated carbocycles. The molecule has 2 saturated heterocycles. The number of hydrogen-bond acceptors (Lipinski definition) is 4. The Morgan fingerprint density at radius 2 is 1.79 bits per heavy atom. The van der Waals surface area contributed by atoms with E-state index in [1.165, 1.54) is 24.6 Å². The highest BCUT2D eigenvalue weighted by molar-refractivity contribution is 9.10. The zero-order chi connectivity index (χ0) is 23.7. The van der Waals surface area contributed by atoms with E-state index in [0.717, 1.165) is 52.6 Å². The number of para-hydroxylation sites is 1. The fraction of sp³-hybridized carbons (Fsp3) is 0.269. The lowest BCUT2D eigenvalue weighted by Gasteiger charge is -2.20. The molecule has 2 aromatic carbocycles. The molecule has 2 amide bonds. The molecule has 2 aliphatic heterocycles. The first kappa shape index (κ1) is 23.3. The van der Waals surface area contributed by atoms with Crippen molar-refractivity contribution < 1.29 is 9.59 Å². The molecule has 0 N–H and O–H groups in total. The monoisotopic (exact) mass is 553 g/mol. The Labute approximate surface area is 216 Å². The lowest BCUT2D eigenvalue weighted by molar-refractivity contribution is -0.131. The predicted molar refractivity (Wildman–Crippen MR) is 147 cm³/mol. The maximum Gasteiger partial charge on any atom is 0.270 e. The van der Waals surface area contributed by atoms with Gasteiger partial charge in [-0.05, 0) is 49.2 Å². The highest BCUT2D eigenvalue weighted by Crippen LogP contribution is 2.37. The third-order valence-corrected chi connectivity index (χ3v) is 8.03. The number of hydrogen-bond donors (Lipinski definition) is 0. The van der Waals surface area contributed by atoms with Gasteiger partial charge in [0.1, 0.15) is 6.54 Å². The number of aromatic nitrogens is 1. The quantitative estimate of drug-likeness (QED) is 0.284. The number of likely N-dealkylation sites (tertiary alicyclic amines) is 1. The summed E-state index contributed by atoms with van der Waals surface area (Å²) in [5.74, 6) is 0.0152. The van der Waals surface area contributed by atoms with E-state index in [9.17, 15) is 9.59 Å². The van der Waals surface area contributed by atoms with E-state index in [1.807, 2.05) is 70.3 Å². The minimum absolute atomic E-state index is 0.127. The van der Waals surface area contributed by atoms with Gasteiger partial charge in [0, 0.05) is 40.2 Å². The molecule has 34 heavy (non-hydrogen) atoms. The predicted octanol–water partition coefficient (Wildman–Crippen LogP) is 6.21. The van der Waals surface area contributed by atoms with E-state index in [2.05, 4.69) is 15.9 Å². The zero-order valence-electron chi connectivity index (χ0n) is 18.6. The second kappa shape index (κ2) is 10.1. The van der Waals surface area contributed by atoms with E-state index in [4.69, 9.17) is 12.2 Å². The molecule has 2 fully saturated rings. The van der Waals surface area contributed by atoms with Gasteiger partial charge >= 0.3 is 0 Å². The Morgan fingerprint density at radius 3 is 2.53 bits per heavy atom. The maximum absolute atomic E-state index is 13.2. The molecule has 0 bridgehead atoms. The summed E-state index contributed by atoms with van der Waals surface area (Å²) in [6.45, 7) is 1.95. The van der Waals surface area contributed by atoms with Crippen molar-refractivity contribution in [1.29, 1.82) is 0 Å². The summed E-state index contributed by atoms with van der Waals surface area (Å²) in [5.41, 5.74) is 2.63. The summed E-state index contributed by atoms with van der Waals surface area (Å²) in [6.07, 6.45) is 8.39. The van der Waals surface area contributed by atoms with Gasteiger partial charge in [-0.1, -0.05) is 71.0 Å². The standard InChI is InChI=1S/C26H24BrN3O2S2/c27-19-10-11-22-21(15-19)18(16-29(22)17-24(31)28-12-6-1-2-7-13-28)14-23-25(32)30(26(33)34-23)20-8-4-3-5-9-20/h3-5,8-11,14-16H,1-2,6-7,12-13,17H2/b23-14-. The van der Waals surface area contributed by atoms with Gasteiger partial charge in [0.15, 0.2) is 4.32 Å². The van der Waals surface area contributed by atoms with E-state index in [1.54, 1.807) is 4.90 Å². The van der Waals surface area contributed by atoms with Crippen LogP contribution in [0.25, 0.3) is 17.0 Å². The van der Waals surface area contributed by atoms with Crippen LogP contribution in [0.15, 0.2) is 64.1 Å². The van der Waals surface area contributed by atoms with Crippen molar-refractivity contribution in [3.05, 3.63) is 69.7 Å². The van der Waals surface area contributed by atoms with E-state index < -0.39 is 0 Å². The van der Waals surface area contributed by atoms with E-state index in [0.29, 0.717) is 9.23 Å². The van der Waals surface area contributed by atoms with Gasteiger partial charge < -0.3 is 9.47 Å². The third kappa shape index (κ3) is 4.72. The van der Waals surface area contributed by atoms with Gasteiger partial charge in [0.2, 0.25) is 5.91 Å². The molecular weight excluding hydrogens is 530 g/mol. The third-order valence-electron chi connectivity index (χ3n) is 6.23. The summed E-state index contributed by atoms with van der Waals surface area (Å²) in [5, 5.41) is 0.989. The highest BCUT2D eigenvalue weighted by Gasteiger charge is 2.33. The molecule has 0 unspecified atom stereocenters. The summed E-state index contributed by atoms with van der Waals surface area (Å²) in [7, 11) is 0. The number of carbonyl (C=O) groups excluding carboxylic acids is 2. The minimum atomic E-state index is -0.127. The van der Waals surface area contributed by atoms with Gasteiger partial charge in [-0.2, -0.15) is 0 Å². The first-order valence-electron chi connectivity index (χ1n) is 11.4. The van der Waals surface area contributed by atoms with Gasteiger partial charge in [-0.25, -0.2) is 0 Å². The Morgan fingerprint density at radius 1 is 1.06 bits per heavy atom. The molecule has 1 aromatic heterocycles. The number of thioether (sulfide) groups is 1. The largest absolute Gasteiger partial charge is 0.341 e. The number of anilines is 1. The summed E-state index contributed by atoms with van der Waals surface area (Å²) in [4.78, 5) is 30.4. The topological polar surface area (TPSA) is 45.6 Å². The van der Waals surface area contributed by atoms with Crippen LogP contribution in [-0.4, -0.2) is 38.7 Å². The first-order valence-corrected chi connectivity index (χ1v) is 13.4. The molecule has 0 atom stereocenters. The molecular formula is C26H24BrN3O2S2. The van der Waals surface area contributed by atoms with E-state index >= 15 is 0 Å². The van der Waals surface area contributed by atoms with Crippen molar-refractivity contribution in [1.82, 2.24) is 9.47 Å². The summed E-state index contributed by atoms with van der Waals surface area (Å²) in [6, 6.07) is 15.5. The minimum Gasteiger partial charge on any atom is -0.341 e. The molecule has 3 heterocycles. The molecule has 0 aliphatic carbocycles. The van der Waals surface area contributed by atoms with Crippen LogP contribution in [0.4, 0.5) is 5.69 Å². The molecule has 3 aromatic rings. The molecule has 0 radical (unpaired) electrons. The highest BCUT2D eigenvalue weighted by atomic mass is 79.9. The SMILES string of the molecule is O=C(Cn1cc(/C=C2\SC(=S)N(c3ccccc3)C2=O)c2cc(Br)ccc21)N1CCCCCC1. The Hall–Kier alpha value is -2.42. The van der Waals surface area contributed by atoms with Gasteiger partial charge in [-0.3, -0.25) is 14.5 Å². The van der Waals surface area contributed by atoms with Gasteiger partial charge in [-0.15, -0.1) is 0 Å². The molecule has 174 valence electrons. The van der Waals surface area contributed by atoms with Gasteiger partial charge in [0.25, 0.3) is 5.91 Å². The van der Waals surface area contributed by atoms with E-state index in [-0.39, 0.29) is 18.4 Å². The number of halogens is 1. The zero-order valence-corrected chi connectivity index (χ0v) is 21.8. The molecule has 5 nitrogen and oxygen atoms in total. The first-order chi connectivity index (χ1) is 16.5. The number of nitrogens with zero attached hydrogens (tertiary/aromatic N) is 3. The van der Waals surface area contributed by atoms with Crippen molar-refractivity contribution in [2.45, 2.75) is 32.2 Å². The van der Waals surface area contributed by atoms with Crippen molar-refractivity contribution >= 4 is 78.7 Å². The van der Waals surface area contributed by atoms with Gasteiger partial charge in [0.05, 0.1) is 10.6 Å². The average molecular weight is 555 g/mol. The van der Waals surface area contributed by atoms with Crippen LogP contribution in [0.5, 0.6) is 0 Å². The van der Waals surface area contributed by atoms with Crippen molar-refractivity contribution in [3.8, 4) is 0 Å². The van der Waals surface area contributed by atoms with Crippen LogP contribution in [0.1, 0.15) is 31.2 Å². The molecule has 5 rings (SSSR count). The number of amides is 2. The number of carbonyl (C=O) groups is 2. The normalized spacial score (nSPS) is 18.2. The second-order valence-corrected chi connectivity index (χ2v) is 11.1. The van der Waals surface area contributed by atoms with Crippen LogP contribution >= 0.6 is 39.9 Å². The lowest BCUT2D eigenvalue weighted by Crippen LogP contribution is -2.34. The van der Waals surface area contributed by atoms with Crippen LogP contribution in [0.3, 0.4) is 0 Å². The molecule has 2 aliphatic rings. The Balaban J connectivity index is 1.47. The Kier molecular flexibility index (Phi) is 6.90. The molecule has 0 spiro atoms. The van der Waals surface area contributed by atoms with Crippen molar-refractivity contribution in [3.63, 3.8) is 0 Å². The van der Waals surface area contributed by atoms with Crippen molar-refractivity contribution in [2.75, 3.05) is 18.0 Å². The number of benzene rings is 2. The number of thiocarbonyl (C=S) groups is 1. The fourth-order valence-corrected chi connectivity index (χ4v) is 6.17. The lowest BCUT2D eigenvalue weighted by atomic mass is 10.1. The fourth-order valence-electron chi connectivity index (χ4n) is 4.52.